The molecular weight excluding hydrogens is 482 g/mol. The number of carboxylic acid groups (broad SMARTS) is 2. The maximum absolute atomic E-state index is 11.3. The van der Waals surface area contributed by atoms with Gasteiger partial charge in [-0.1, -0.05) is 0 Å². The number of carbonyl (C=O) groups is 2. The van der Waals surface area contributed by atoms with Gasteiger partial charge in [0.25, 0.3) is 0 Å². The molecule has 0 aliphatic rings. The molecule has 12 heteroatoms. The minimum atomic E-state index is -1.32. The number of aromatic carboxylic acids is 2. The summed E-state index contributed by atoms with van der Waals surface area (Å²) < 4.78 is 0.760. The molecule has 2 N–H and O–H groups in total. The van der Waals surface area contributed by atoms with Crippen LogP contribution < -0.4 is 8.92 Å². The van der Waals surface area contributed by atoms with E-state index in [-0.39, 0.29) is 22.5 Å². The maximum atomic E-state index is 11.3. The Morgan fingerprint density at radius 1 is 0.769 bits per heavy atom. The van der Waals surface area contributed by atoms with E-state index >= 15 is 0 Å². The van der Waals surface area contributed by atoms with Crippen molar-refractivity contribution < 1.29 is 29.6 Å². The van der Waals surface area contributed by atoms with E-state index < -0.39 is 48.0 Å². The number of hydrogen-bond donors (Lipinski definition) is 2. The summed E-state index contributed by atoms with van der Waals surface area (Å²) in [6, 6.07) is 6.98. The fraction of sp³-hybridized carbons (Fsp3) is 0. The zero-order valence-electron chi connectivity index (χ0n) is 12.5. The molecule has 0 saturated heterocycles. The van der Waals surface area contributed by atoms with Crippen LogP contribution in [0.2, 0.25) is 0 Å². The molecule has 26 heavy (non-hydrogen) atoms. The first-order valence-corrected chi connectivity index (χ1v) is 12.6. The van der Waals surface area contributed by atoms with E-state index in [4.69, 9.17) is 0 Å². The van der Waals surface area contributed by atoms with Crippen molar-refractivity contribution in [3.8, 4) is 0 Å². The number of nitro benzene ring substituents is 2. The Bertz CT molecular complexity index is 856. The molecule has 134 valence electrons. The van der Waals surface area contributed by atoms with Crippen molar-refractivity contribution in [1.82, 2.24) is 0 Å². The molecule has 0 spiro atoms. The molecule has 0 atom stereocenters. The third-order valence-electron chi connectivity index (χ3n) is 3.03. The van der Waals surface area contributed by atoms with Gasteiger partial charge in [0.1, 0.15) is 0 Å². The molecular formula is C14H8N2O8Se2. The Balaban J connectivity index is 2.34. The van der Waals surface area contributed by atoms with Crippen LogP contribution in [0.1, 0.15) is 20.7 Å². The summed E-state index contributed by atoms with van der Waals surface area (Å²) >= 11 is -0.980. The molecule has 2 aromatic rings. The molecule has 0 radical (unpaired) electrons. The van der Waals surface area contributed by atoms with Crippen LogP contribution in [0.15, 0.2) is 36.4 Å². The first-order valence-electron chi connectivity index (χ1n) is 6.58. The van der Waals surface area contributed by atoms with E-state index in [0.29, 0.717) is 8.92 Å². The van der Waals surface area contributed by atoms with Gasteiger partial charge in [-0.25, -0.2) is 0 Å². The summed E-state index contributed by atoms with van der Waals surface area (Å²) in [5.41, 5.74) is -1.12. The average Bonchev–Trinajstić information content (AvgIpc) is 2.59. The van der Waals surface area contributed by atoms with Gasteiger partial charge in [-0.2, -0.15) is 0 Å². The summed E-state index contributed by atoms with van der Waals surface area (Å²) in [6.07, 6.45) is 0. The summed E-state index contributed by atoms with van der Waals surface area (Å²) in [6.45, 7) is 0. The second kappa shape index (κ2) is 8.07. The molecule has 2 rings (SSSR count). The van der Waals surface area contributed by atoms with Crippen molar-refractivity contribution in [3.63, 3.8) is 0 Å². The zero-order valence-corrected chi connectivity index (χ0v) is 15.9. The number of nitro groups is 2. The van der Waals surface area contributed by atoms with Gasteiger partial charge in [-0.15, -0.1) is 0 Å². The van der Waals surface area contributed by atoms with Gasteiger partial charge in [0.15, 0.2) is 0 Å². The van der Waals surface area contributed by atoms with Crippen LogP contribution >= 0.6 is 0 Å². The first-order chi connectivity index (χ1) is 12.2. The average molecular weight is 490 g/mol. The molecule has 0 aliphatic carbocycles. The van der Waals surface area contributed by atoms with Crippen molar-refractivity contribution >= 4 is 58.5 Å². The molecule has 0 aromatic heterocycles. The van der Waals surface area contributed by atoms with Crippen LogP contribution in [0.3, 0.4) is 0 Å². The van der Waals surface area contributed by atoms with Crippen LogP contribution in [0, 0.1) is 20.2 Å². The summed E-state index contributed by atoms with van der Waals surface area (Å²) in [7, 11) is 0. The van der Waals surface area contributed by atoms with Crippen molar-refractivity contribution in [1.29, 1.82) is 0 Å². The van der Waals surface area contributed by atoms with Crippen LogP contribution in [-0.2, 0) is 0 Å². The Morgan fingerprint density at radius 3 is 1.38 bits per heavy atom. The second-order valence-electron chi connectivity index (χ2n) is 4.65. The Morgan fingerprint density at radius 2 is 1.12 bits per heavy atom. The number of non-ortho nitro benzene ring substituents is 2. The van der Waals surface area contributed by atoms with Crippen molar-refractivity contribution in [2.24, 2.45) is 0 Å². The van der Waals surface area contributed by atoms with Crippen molar-refractivity contribution in [2.45, 2.75) is 0 Å². The first kappa shape index (κ1) is 19.5. The van der Waals surface area contributed by atoms with Gasteiger partial charge in [0, 0.05) is 0 Å². The molecule has 0 heterocycles. The molecule has 0 amide bonds. The Kier molecular flexibility index (Phi) is 6.06. The third-order valence-corrected chi connectivity index (χ3v) is 10.3. The van der Waals surface area contributed by atoms with Crippen molar-refractivity contribution in [3.05, 3.63) is 67.8 Å². The molecule has 0 fully saturated rings. The molecule has 0 aliphatic heterocycles. The zero-order chi connectivity index (χ0) is 19.4. The number of rotatable bonds is 7. The molecule has 0 unspecified atom stereocenters. The number of nitrogens with zero attached hydrogens (tertiary/aromatic N) is 2. The second-order valence-corrected chi connectivity index (χ2v) is 10.8. The normalized spacial score (nSPS) is 10.3. The number of hydrogen-bond acceptors (Lipinski definition) is 6. The van der Waals surface area contributed by atoms with Crippen LogP contribution in [0.4, 0.5) is 11.4 Å². The van der Waals surface area contributed by atoms with E-state index in [1.165, 1.54) is 24.3 Å². The quantitative estimate of drug-likeness (QED) is 0.316. The molecule has 10 nitrogen and oxygen atoms in total. The summed E-state index contributed by atoms with van der Waals surface area (Å²) in [5, 5.41) is 40.0. The van der Waals surface area contributed by atoms with Crippen molar-refractivity contribution in [2.75, 3.05) is 0 Å². The van der Waals surface area contributed by atoms with E-state index in [1.807, 2.05) is 0 Å². The SMILES string of the molecule is O=C(O)c1cc([N+](=O)[O-])ccc1[Se][Se]c1ccc([N+](=O)[O-])cc1C(=O)O. The topological polar surface area (TPSA) is 161 Å². The fourth-order valence-electron chi connectivity index (χ4n) is 1.83. The van der Waals surface area contributed by atoms with E-state index in [2.05, 4.69) is 0 Å². The minimum absolute atomic E-state index is 0.208. The Labute approximate surface area is 156 Å². The number of carboxylic acids is 2. The van der Waals surface area contributed by atoms with E-state index in [9.17, 15) is 40.0 Å². The summed E-state index contributed by atoms with van der Waals surface area (Å²) in [5.74, 6) is -2.63. The van der Waals surface area contributed by atoms with Gasteiger partial charge in [0.2, 0.25) is 0 Å². The third kappa shape index (κ3) is 4.44. The van der Waals surface area contributed by atoms with Crippen LogP contribution in [0.25, 0.3) is 0 Å². The van der Waals surface area contributed by atoms with Gasteiger partial charge >= 0.3 is 156 Å². The van der Waals surface area contributed by atoms with E-state index in [1.54, 1.807) is 0 Å². The standard InChI is InChI=1S/C14H8N2O8Se2/c17-13(18)9-5-7(15(21)22)1-3-11(9)25-26-12-4-2-8(16(23)24)6-10(12)14(19)20/h1-6H,(H,17,18)(H,19,20). The molecule has 0 bridgehead atoms. The van der Waals surface area contributed by atoms with Gasteiger partial charge in [-0.05, 0) is 0 Å². The van der Waals surface area contributed by atoms with E-state index in [0.717, 1.165) is 12.1 Å². The molecule has 2 aromatic carbocycles. The van der Waals surface area contributed by atoms with Crippen LogP contribution in [0.5, 0.6) is 0 Å². The van der Waals surface area contributed by atoms with Gasteiger partial charge in [-0.3, -0.25) is 0 Å². The fourth-order valence-corrected chi connectivity index (χ4v) is 8.84. The monoisotopic (exact) mass is 492 g/mol. The Hall–Kier alpha value is -2.78. The molecule has 0 saturated carbocycles. The predicted molar refractivity (Wildman–Crippen MR) is 90.9 cm³/mol. The number of benzene rings is 2. The van der Waals surface area contributed by atoms with Gasteiger partial charge < -0.3 is 0 Å². The predicted octanol–water partition coefficient (Wildman–Crippen LogP) is 0.174. The van der Waals surface area contributed by atoms with Crippen LogP contribution in [-0.4, -0.2) is 58.3 Å². The summed E-state index contributed by atoms with van der Waals surface area (Å²) in [4.78, 5) is 42.8. The van der Waals surface area contributed by atoms with Gasteiger partial charge in [0.05, 0.1) is 0 Å².